The van der Waals surface area contributed by atoms with Gasteiger partial charge < -0.3 is 10.6 Å². The van der Waals surface area contributed by atoms with Crippen LogP contribution in [0, 0.1) is 0 Å². The molecule has 2 rings (SSSR count). The van der Waals surface area contributed by atoms with E-state index in [-0.39, 0.29) is 29.6 Å². The number of sulfone groups is 1. The minimum Gasteiger partial charge on any atom is -0.334 e. The molecule has 0 aliphatic carbocycles. The first-order valence-electron chi connectivity index (χ1n) is 6.39. The van der Waals surface area contributed by atoms with Gasteiger partial charge in [0.1, 0.15) is 0 Å². The van der Waals surface area contributed by atoms with Gasteiger partial charge in [-0.1, -0.05) is 29.8 Å². The number of carbonyl (C=O) groups excluding carboxylic acids is 1. The van der Waals surface area contributed by atoms with Gasteiger partial charge in [-0.3, -0.25) is 0 Å². The van der Waals surface area contributed by atoms with E-state index in [2.05, 4.69) is 10.6 Å². The Morgan fingerprint density at radius 2 is 2.10 bits per heavy atom. The summed E-state index contributed by atoms with van der Waals surface area (Å²) in [4.78, 5) is 11.8. The summed E-state index contributed by atoms with van der Waals surface area (Å²) in [5.41, 5.74) is 0.823. The summed E-state index contributed by atoms with van der Waals surface area (Å²) in [5, 5.41) is 6.03. The number of rotatable bonds is 3. The highest BCUT2D eigenvalue weighted by molar-refractivity contribution is 7.91. The number of hydrogen-bond donors (Lipinski definition) is 2. The lowest BCUT2D eigenvalue weighted by Gasteiger charge is -2.18. The van der Waals surface area contributed by atoms with Crippen molar-refractivity contribution in [3.63, 3.8) is 0 Å². The molecule has 1 heterocycles. The first-order chi connectivity index (χ1) is 9.37. The minimum atomic E-state index is -2.99. The number of benzene rings is 1. The van der Waals surface area contributed by atoms with Crippen LogP contribution < -0.4 is 10.6 Å². The number of halogens is 1. The summed E-state index contributed by atoms with van der Waals surface area (Å²) in [6.45, 7) is 1.83. The van der Waals surface area contributed by atoms with Crippen molar-refractivity contribution in [3.05, 3.63) is 34.9 Å². The molecule has 5 nitrogen and oxygen atoms in total. The topological polar surface area (TPSA) is 75.3 Å². The van der Waals surface area contributed by atoms with E-state index in [1.54, 1.807) is 6.07 Å². The first kappa shape index (κ1) is 15.1. The molecule has 0 saturated carbocycles. The van der Waals surface area contributed by atoms with Gasteiger partial charge in [0.25, 0.3) is 0 Å². The summed E-state index contributed by atoms with van der Waals surface area (Å²) in [6, 6.07) is 6.34. The number of amides is 2. The number of carbonyl (C=O) groups is 1. The Morgan fingerprint density at radius 1 is 1.40 bits per heavy atom. The summed E-state index contributed by atoms with van der Waals surface area (Å²) < 4.78 is 22.6. The molecule has 1 aliphatic heterocycles. The van der Waals surface area contributed by atoms with E-state index in [9.17, 15) is 13.2 Å². The second kappa shape index (κ2) is 6.01. The van der Waals surface area contributed by atoms with Crippen LogP contribution in [0.2, 0.25) is 5.02 Å². The zero-order valence-electron chi connectivity index (χ0n) is 11.1. The second-order valence-electron chi connectivity index (χ2n) is 4.96. The van der Waals surface area contributed by atoms with Crippen LogP contribution >= 0.6 is 11.6 Å². The third kappa shape index (κ3) is 3.86. The third-order valence-electron chi connectivity index (χ3n) is 3.29. The van der Waals surface area contributed by atoms with Crippen LogP contribution in [0.15, 0.2) is 24.3 Å². The fourth-order valence-electron chi connectivity index (χ4n) is 2.24. The van der Waals surface area contributed by atoms with Crippen LogP contribution in [0.5, 0.6) is 0 Å². The van der Waals surface area contributed by atoms with Gasteiger partial charge in [0.05, 0.1) is 17.5 Å². The molecule has 1 aromatic carbocycles. The third-order valence-corrected chi connectivity index (χ3v) is 5.40. The molecule has 1 saturated heterocycles. The van der Waals surface area contributed by atoms with E-state index in [1.807, 2.05) is 25.1 Å². The minimum absolute atomic E-state index is 0.0148. The van der Waals surface area contributed by atoms with Gasteiger partial charge >= 0.3 is 6.03 Å². The first-order valence-corrected chi connectivity index (χ1v) is 8.59. The van der Waals surface area contributed by atoms with Crippen molar-refractivity contribution in [3.8, 4) is 0 Å². The van der Waals surface area contributed by atoms with Gasteiger partial charge in [0, 0.05) is 11.1 Å². The normalized spacial score (nSPS) is 22.2. The van der Waals surface area contributed by atoms with E-state index in [4.69, 9.17) is 11.6 Å². The van der Waals surface area contributed by atoms with Gasteiger partial charge in [0.2, 0.25) is 0 Å². The Morgan fingerprint density at radius 3 is 2.70 bits per heavy atom. The molecule has 1 fully saturated rings. The predicted molar refractivity (Wildman–Crippen MR) is 78.6 cm³/mol. The Bertz CT molecular complexity index is 603. The Balaban J connectivity index is 1.90. The van der Waals surface area contributed by atoms with Gasteiger partial charge in [-0.05, 0) is 25.0 Å². The predicted octanol–water partition coefficient (Wildman–Crippen LogP) is 1.89. The highest BCUT2D eigenvalue weighted by atomic mass is 35.5. The Labute approximate surface area is 123 Å². The zero-order valence-corrected chi connectivity index (χ0v) is 12.7. The quantitative estimate of drug-likeness (QED) is 0.894. The lowest BCUT2D eigenvalue weighted by atomic mass is 10.1. The SMILES string of the molecule is C[C@@H](NC(=O)N[C@H]1CCS(=O)(=O)C1)c1ccccc1Cl. The second-order valence-corrected chi connectivity index (χ2v) is 7.60. The number of hydrogen-bond acceptors (Lipinski definition) is 3. The summed E-state index contributed by atoms with van der Waals surface area (Å²) in [6.07, 6.45) is 0.468. The summed E-state index contributed by atoms with van der Waals surface area (Å²) in [7, 11) is -2.99. The maximum absolute atomic E-state index is 11.8. The highest BCUT2D eigenvalue weighted by Crippen LogP contribution is 2.22. The molecule has 2 atom stereocenters. The van der Waals surface area contributed by atoms with E-state index in [0.717, 1.165) is 5.56 Å². The van der Waals surface area contributed by atoms with Crippen molar-refractivity contribution in [2.45, 2.75) is 25.4 Å². The van der Waals surface area contributed by atoms with Crippen molar-refractivity contribution < 1.29 is 13.2 Å². The van der Waals surface area contributed by atoms with Gasteiger partial charge in [-0.25, -0.2) is 13.2 Å². The fraction of sp³-hybridized carbons (Fsp3) is 0.462. The molecule has 0 bridgehead atoms. The maximum atomic E-state index is 11.8. The Kier molecular flexibility index (Phi) is 4.55. The average Bonchev–Trinajstić information content (AvgIpc) is 2.68. The molecular formula is C13H17ClN2O3S. The van der Waals surface area contributed by atoms with Crippen molar-refractivity contribution in [1.29, 1.82) is 0 Å². The number of urea groups is 1. The van der Waals surface area contributed by atoms with Crippen LogP contribution in [-0.4, -0.2) is 32.0 Å². The van der Waals surface area contributed by atoms with Crippen LogP contribution in [-0.2, 0) is 9.84 Å². The highest BCUT2D eigenvalue weighted by Gasteiger charge is 2.29. The van der Waals surface area contributed by atoms with E-state index in [0.29, 0.717) is 11.4 Å². The lowest BCUT2D eigenvalue weighted by Crippen LogP contribution is -2.43. The smallest absolute Gasteiger partial charge is 0.315 e. The fourth-order valence-corrected chi connectivity index (χ4v) is 4.21. The van der Waals surface area contributed by atoms with E-state index >= 15 is 0 Å². The molecule has 2 N–H and O–H groups in total. The molecule has 110 valence electrons. The van der Waals surface area contributed by atoms with Crippen LogP contribution in [0.3, 0.4) is 0 Å². The van der Waals surface area contributed by atoms with Gasteiger partial charge in [-0.15, -0.1) is 0 Å². The molecule has 0 spiro atoms. The maximum Gasteiger partial charge on any atom is 0.315 e. The monoisotopic (exact) mass is 316 g/mol. The van der Waals surface area contributed by atoms with Crippen LogP contribution in [0.4, 0.5) is 4.79 Å². The van der Waals surface area contributed by atoms with Crippen LogP contribution in [0.1, 0.15) is 24.9 Å². The Hall–Kier alpha value is -1.27. The summed E-state index contributed by atoms with van der Waals surface area (Å²) >= 11 is 6.06. The van der Waals surface area contributed by atoms with Gasteiger partial charge in [-0.2, -0.15) is 0 Å². The molecule has 1 aliphatic rings. The molecule has 7 heteroatoms. The molecule has 20 heavy (non-hydrogen) atoms. The molecular weight excluding hydrogens is 300 g/mol. The van der Waals surface area contributed by atoms with Crippen molar-refractivity contribution in [2.75, 3.05) is 11.5 Å². The van der Waals surface area contributed by atoms with Crippen LogP contribution in [0.25, 0.3) is 0 Å². The van der Waals surface area contributed by atoms with E-state index < -0.39 is 9.84 Å². The summed E-state index contributed by atoms with van der Waals surface area (Å²) in [5.74, 6) is 0.152. The standard InChI is InChI=1S/C13H17ClN2O3S/c1-9(11-4-2-3-5-12(11)14)15-13(17)16-10-6-7-20(18,19)8-10/h2-5,9-10H,6-8H2,1H3,(H2,15,16,17)/t9-,10+/m1/s1. The lowest BCUT2D eigenvalue weighted by molar-refractivity contribution is 0.235. The molecule has 2 amide bonds. The number of nitrogens with one attached hydrogen (secondary N) is 2. The molecule has 0 radical (unpaired) electrons. The van der Waals surface area contributed by atoms with Crippen molar-refractivity contribution in [2.24, 2.45) is 0 Å². The van der Waals surface area contributed by atoms with Crippen molar-refractivity contribution >= 4 is 27.5 Å². The largest absolute Gasteiger partial charge is 0.334 e. The molecule has 1 aromatic rings. The zero-order chi connectivity index (χ0) is 14.8. The average molecular weight is 317 g/mol. The van der Waals surface area contributed by atoms with Crippen molar-refractivity contribution in [1.82, 2.24) is 10.6 Å². The van der Waals surface area contributed by atoms with Gasteiger partial charge in [0.15, 0.2) is 9.84 Å². The molecule has 0 unspecified atom stereocenters. The van der Waals surface area contributed by atoms with E-state index in [1.165, 1.54) is 0 Å². The molecule has 0 aromatic heterocycles.